The Morgan fingerprint density at radius 2 is 1.76 bits per heavy atom. The average molecular weight is 303 g/mol. The van der Waals surface area contributed by atoms with Crippen LogP contribution in [0.5, 0.6) is 0 Å². The highest BCUT2D eigenvalue weighted by atomic mass is 32.1. The molecule has 1 unspecified atom stereocenters. The zero-order valence-electron chi connectivity index (χ0n) is 13.6. The first-order valence-corrected chi connectivity index (χ1v) is 8.30. The molecule has 1 atom stereocenters. The van der Waals surface area contributed by atoms with Crippen LogP contribution in [0, 0.1) is 0 Å². The molecular weight excluding hydrogens is 278 g/mol. The fraction of sp³-hybridized carbons (Fsp3) is 0.529. The van der Waals surface area contributed by atoms with Crippen LogP contribution in [-0.2, 0) is 18.3 Å². The third kappa shape index (κ3) is 3.89. The van der Waals surface area contributed by atoms with Crippen LogP contribution in [0.1, 0.15) is 55.4 Å². The van der Waals surface area contributed by atoms with E-state index in [1.54, 1.807) is 0 Å². The zero-order valence-corrected chi connectivity index (χ0v) is 14.4. The van der Waals surface area contributed by atoms with Crippen molar-refractivity contribution in [3.05, 3.63) is 46.0 Å². The number of rotatable bonds is 5. The quantitative estimate of drug-likeness (QED) is 0.910. The van der Waals surface area contributed by atoms with Gasteiger partial charge in [0.2, 0.25) is 0 Å². The van der Waals surface area contributed by atoms with Crippen molar-refractivity contribution < 1.29 is 0 Å². The van der Waals surface area contributed by atoms with Gasteiger partial charge in [-0.1, -0.05) is 56.4 Å². The van der Waals surface area contributed by atoms with Crippen LogP contribution in [0.4, 0.5) is 0 Å². The van der Waals surface area contributed by atoms with Crippen LogP contribution < -0.4 is 5.32 Å². The highest BCUT2D eigenvalue weighted by Gasteiger charge is 2.26. The summed E-state index contributed by atoms with van der Waals surface area (Å²) in [7, 11) is 2.01. The maximum Gasteiger partial charge on any atom is 0.0857 e. The number of aryl methyl sites for hydroxylation is 1. The number of hydrogen-bond donors (Lipinski definition) is 1. The predicted octanol–water partition coefficient (Wildman–Crippen LogP) is 3.90. The molecule has 0 aliphatic rings. The lowest BCUT2D eigenvalue weighted by atomic mass is 9.89. The SMILES string of the molecule is CCc1ccc(CC(NC)c2snnc2C(C)(C)C)cc1. The summed E-state index contributed by atoms with van der Waals surface area (Å²) in [6.45, 7) is 8.76. The summed E-state index contributed by atoms with van der Waals surface area (Å²) < 4.78 is 4.18. The summed E-state index contributed by atoms with van der Waals surface area (Å²) in [5.41, 5.74) is 3.87. The van der Waals surface area contributed by atoms with E-state index in [4.69, 9.17) is 0 Å². The molecule has 3 nitrogen and oxygen atoms in total. The van der Waals surface area contributed by atoms with E-state index in [9.17, 15) is 0 Å². The molecule has 21 heavy (non-hydrogen) atoms. The topological polar surface area (TPSA) is 37.8 Å². The Morgan fingerprint density at radius 1 is 1.14 bits per heavy atom. The van der Waals surface area contributed by atoms with E-state index in [2.05, 4.69) is 66.9 Å². The van der Waals surface area contributed by atoms with E-state index >= 15 is 0 Å². The predicted molar refractivity (Wildman–Crippen MR) is 89.9 cm³/mol. The average Bonchev–Trinajstić information content (AvgIpc) is 2.95. The fourth-order valence-corrected chi connectivity index (χ4v) is 3.39. The Morgan fingerprint density at radius 3 is 2.29 bits per heavy atom. The van der Waals surface area contributed by atoms with E-state index in [1.165, 1.54) is 27.5 Å². The van der Waals surface area contributed by atoms with E-state index in [0.29, 0.717) is 0 Å². The van der Waals surface area contributed by atoms with Gasteiger partial charge in [-0.2, -0.15) is 0 Å². The Balaban J connectivity index is 2.22. The minimum atomic E-state index is 0.0313. The fourth-order valence-electron chi connectivity index (χ4n) is 2.42. The normalized spacial score (nSPS) is 13.4. The molecule has 1 heterocycles. The summed E-state index contributed by atoms with van der Waals surface area (Å²) in [5, 5.41) is 7.78. The Bertz CT molecular complexity index is 566. The van der Waals surface area contributed by atoms with Crippen molar-refractivity contribution in [2.75, 3.05) is 7.05 Å². The van der Waals surface area contributed by atoms with Crippen LogP contribution in [0.15, 0.2) is 24.3 Å². The lowest BCUT2D eigenvalue weighted by Crippen LogP contribution is -2.23. The van der Waals surface area contributed by atoms with Gasteiger partial charge in [0.25, 0.3) is 0 Å². The molecule has 1 aromatic carbocycles. The molecule has 0 saturated heterocycles. The van der Waals surface area contributed by atoms with Crippen molar-refractivity contribution in [3.63, 3.8) is 0 Å². The van der Waals surface area contributed by atoms with Gasteiger partial charge in [-0.05, 0) is 42.5 Å². The summed E-state index contributed by atoms with van der Waals surface area (Å²) in [5.74, 6) is 0. The lowest BCUT2D eigenvalue weighted by molar-refractivity contribution is 0.530. The minimum absolute atomic E-state index is 0.0313. The molecule has 0 radical (unpaired) electrons. The molecule has 2 rings (SSSR count). The smallest absolute Gasteiger partial charge is 0.0857 e. The number of nitrogens with one attached hydrogen (secondary N) is 1. The standard InChI is InChI=1S/C17H25N3S/c1-6-12-7-9-13(10-8-12)11-14(18-5)15-16(17(2,3)4)19-20-21-15/h7-10,14,18H,6,11H2,1-5H3. The molecule has 1 aromatic heterocycles. The molecule has 0 aliphatic heterocycles. The zero-order chi connectivity index (χ0) is 15.5. The van der Waals surface area contributed by atoms with Crippen molar-refractivity contribution in [2.24, 2.45) is 0 Å². The van der Waals surface area contributed by atoms with Crippen molar-refractivity contribution >= 4 is 11.5 Å². The van der Waals surface area contributed by atoms with E-state index in [-0.39, 0.29) is 11.5 Å². The van der Waals surface area contributed by atoms with Gasteiger partial charge in [-0.15, -0.1) is 5.10 Å². The highest BCUT2D eigenvalue weighted by Crippen LogP contribution is 2.31. The Kier molecular flexibility index (Phi) is 5.12. The maximum absolute atomic E-state index is 4.35. The number of nitrogens with zero attached hydrogens (tertiary/aromatic N) is 2. The van der Waals surface area contributed by atoms with Crippen LogP contribution in [0.25, 0.3) is 0 Å². The number of likely N-dealkylation sites (N-methyl/N-ethyl adjacent to an activating group) is 1. The third-order valence-corrected chi connectivity index (χ3v) is 4.60. The molecule has 4 heteroatoms. The van der Waals surface area contributed by atoms with Gasteiger partial charge in [0, 0.05) is 11.5 Å². The highest BCUT2D eigenvalue weighted by molar-refractivity contribution is 7.05. The van der Waals surface area contributed by atoms with Gasteiger partial charge in [-0.25, -0.2) is 0 Å². The molecular formula is C17H25N3S. The molecule has 0 aliphatic carbocycles. The van der Waals surface area contributed by atoms with Crippen LogP contribution in [-0.4, -0.2) is 16.6 Å². The van der Waals surface area contributed by atoms with Crippen molar-refractivity contribution in [1.29, 1.82) is 0 Å². The molecule has 1 N–H and O–H groups in total. The first-order chi connectivity index (χ1) is 9.95. The molecule has 0 amide bonds. The van der Waals surface area contributed by atoms with E-state index in [0.717, 1.165) is 18.5 Å². The van der Waals surface area contributed by atoms with Crippen molar-refractivity contribution in [2.45, 2.75) is 52.0 Å². The minimum Gasteiger partial charge on any atom is -0.312 e. The summed E-state index contributed by atoms with van der Waals surface area (Å²) in [4.78, 5) is 1.25. The third-order valence-electron chi connectivity index (χ3n) is 3.76. The molecule has 0 spiro atoms. The van der Waals surface area contributed by atoms with Crippen molar-refractivity contribution in [3.8, 4) is 0 Å². The van der Waals surface area contributed by atoms with Crippen LogP contribution >= 0.6 is 11.5 Å². The summed E-state index contributed by atoms with van der Waals surface area (Å²) in [6.07, 6.45) is 2.05. The van der Waals surface area contributed by atoms with Gasteiger partial charge < -0.3 is 5.32 Å². The molecule has 2 aromatic rings. The molecule has 114 valence electrons. The second-order valence-electron chi connectivity index (χ2n) is 6.45. The van der Waals surface area contributed by atoms with Crippen LogP contribution in [0.2, 0.25) is 0 Å². The monoisotopic (exact) mass is 303 g/mol. The summed E-state index contributed by atoms with van der Waals surface area (Å²) in [6, 6.07) is 9.17. The largest absolute Gasteiger partial charge is 0.312 e. The molecule has 0 fully saturated rings. The molecule has 0 saturated carbocycles. The van der Waals surface area contributed by atoms with E-state index < -0.39 is 0 Å². The van der Waals surface area contributed by atoms with Gasteiger partial charge >= 0.3 is 0 Å². The number of aromatic nitrogens is 2. The van der Waals surface area contributed by atoms with Gasteiger partial charge in [0.15, 0.2) is 0 Å². The Hall–Kier alpha value is -1.26. The van der Waals surface area contributed by atoms with Gasteiger partial charge in [0.1, 0.15) is 0 Å². The first kappa shape index (κ1) is 16.1. The number of hydrogen-bond acceptors (Lipinski definition) is 4. The number of benzene rings is 1. The Labute approximate surface area is 132 Å². The molecule has 0 bridgehead atoms. The first-order valence-electron chi connectivity index (χ1n) is 7.53. The maximum atomic E-state index is 4.35. The second kappa shape index (κ2) is 6.67. The van der Waals surface area contributed by atoms with Gasteiger partial charge in [0.05, 0.1) is 10.6 Å². The summed E-state index contributed by atoms with van der Waals surface area (Å²) >= 11 is 1.51. The second-order valence-corrected chi connectivity index (χ2v) is 7.24. The van der Waals surface area contributed by atoms with Gasteiger partial charge in [-0.3, -0.25) is 0 Å². The van der Waals surface area contributed by atoms with Crippen LogP contribution in [0.3, 0.4) is 0 Å². The lowest BCUT2D eigenvalue weighted by Gasteiger charge is -2.21. The van der Waals surface area contributed by atoms with E-state index in [1.807, 2.05) is 7.05 Å². The van der Waals surface area contributed by atoms with Crippen molar-refractivity contribution in [1.82, 2.24) is 14.9 Å².